The fourth-order valence-electron chi connectivity index (χ4n) is 1.73. The van der Waals surface area contributed by atoms with E-state index in [-0.39, 0.29) is 6.61 Å². The number of aryl methyl sites for hydroxylation is 1. The standard InChI is InChI=1S/C15H17FN2O/c1-3-12(10-16)11-19-14-6-4-13(5-7-14)15-17-8-9-18(15)2/h4-10H,3,11H2,1-2H3/b12-10-. The van der Waals surface area contributed by atoms with Crippen molar-refractivity contribution in [1.82, 2.24) is 9.55 Å². The van der Waals surface area contributed by atoms with Gasteiger partial charge in [0.25, 0.3) is 0 Å². The fourth-order valence-corrected chi connectivity index (χ4v) is 1.73. The molecular weight excluding hydrogens is 243 g/mol. The molecule has 3 nitrogen and oxygen atoms in total. The minimum atomic E-state index is 0.286. The second-order valence-electron chi connectivity index (χ2n) is 4.30. The summed E-state index contributed by atoms with van der Waals surface area (Å²) in [5.41, 5.74) is 1.67. The first-order chi connectivity index (χ1) is 9.24. The predicted molar refractivity (Wildman–Crippen MR) is 73.6 cm³/mol. The lowest BCUT2D eigenvalue weighted by Gasteiger charge is -2.08. The Kier molecular flexibility index (Phi) is 4.34. The molecule has 0 bridgehead atoms. The van der Waals surface area contributed by atoms with Crippen molar-refractivity contribution in [2.24, 2.45) is 7.05 Å². The number of rotatable bonds is 5. The van der Waals surface area contributed by atoms with E-state index in [1.165, 1.54) is 0 Å². The fraction of sp³-hybridized carbons (Fsp3) is 0.267. The van der Waals surface area contributed by atoms with Crippen LogP contribution in [0.2, 0.25) is 0 Å². The second kappa shape index (κ2) is 6.18. The highest BCUT2D eigenvalue weighted by Crippen LogP contribution is 2.21. The van der Waals surface area contributed by atoms with Gasteiger partial charge in [0.1, 0.15) is 18.2 Å². The Morgan fingerprint density at radius 1 is 1.37 bits per heavy atom. The van der Waals surface area contributed by atoms with Gasteiger partial charge in [0, 0.05) is 25.0 Å². The van der Waals surface area contributed by atoms with Crippen molar-refractivity contribution >= 4 is 0 Å². The minimum absolute atomic E-state index is 0.286. The molecule has 1 aromatic carbocycles. The minimum Gasteiger partial charge on any atom is -0.489 e. The molecule has 0 atom stereocenters. The first kappa shape index (κ1) is 13.3. The highest BCUT2D eigenvalue weighted by Gasteiger charge is 2.03. The number of hydrogen-bond acceptors (Lipinski definition) is 2. The quantitative estimate of drug-likeness (QED) is 0.819. The first-order valence-electron chi connectivity index (χ1n) is 6.23. The van der Waals surface area contributed by atoms with E-state index in [2.05, 4.69) is 4.98 Å². The third-order valence-corrected chi connectivity index (χ3v) is 2.97. The van der Waals surface area contributed by atoms with Gasteiger partial charge >= 0.3 is 0 Å². The van der Waals surface area contributed by atoms with E-state index in [1.54, 1.807) is 6.20 Å². The molecule has 0 spiro atoms. The molecule has 1 aromatic heterocycles. The zero-order chi connectivity index (χ0) is 13.7. The van der Waals surface area contributed by atoms with Crippen LogP contribution in [0.1, 0.15) is 13.3 Å². The van der Waals surface area contributed by atoms with Gasteiger partial charge in [-0.05, 0) is 36.3 Å². The van der Waals surface area contributed by atoms with Gasteiger partial charge in [-0.2, -0.15) is 0 Å². The van der Waals surface area contributed by atoms with Gasteiger partial charge < -0.3 is 9.30 Å². The zero-order valence-electron chi connectivity index (χ0n) is 11.1. The summed E-state index contributed by atoms with van der Waals surface area (Å²) in [4.78, 5) is 4.28. The normalized spacial score (nSPS) is 11.6. The van der Waals surface area contributed by atoms with E-state index in [1.807, 2.05) is 49.0 Å². The number of halogens is 1. The summed E-state index contributed by atoms with van der Waals surface area (Å²) in [6.45, 7) is 2.19. The van der Waals surface area contributed by atoms with Crippen molar-refractivity contribution in [2.75, 3.05) is 6.61 Å². The molecule has 0 unspecified atom stereocenters. The monoisotopic (exact) mass is 260 g/mol. The van der Waals surface area contributed by atoms with Crippen molar-refractivity contribution in [1.29, 1.82) is 0 Å². The highest BCUT2D eigenvalue weighted by molar-refractivity contribution is 5.56. The van der Waals surface area contributed by atoms with Gasteiger partial charge in [0.2, 0.25) is 0 Å². The number of imidazole rings is 1. The highest BCUT2D eigenvalue weighted by atomic mass is 19.1. The average molecular weight is 260 g/mol. The molecular formula is C15H17FN2O. The molecule has 100 valence electrons. The number of benzene rings is 1. The Morgan fingerprint density at radius 3 is 2.63 bits per heavy atom. The van der Waals surface area contributed by atoms with Crippen LogP contribution >= 0.6 is 0 Å². The summed E-state index contributed by atoms with van der Waals surface area (Å²) >= 11 is 0. The molecule has 0 fully saturated rings. The van der Waals surface area contributed by atoms with Gasteiger partial charge in [0.05, 0.1) is 6.33 Å². The molecule has 0 amide bonds. The van der Waals surface area contributed by atoms with E-state index in [4.69, 9.17) is 4.74 Å². The molecule has 0 saturated heterocycles. The van der Waals surface area contributed by atoms with Crippen molar-refractivity contribution in [3.63, 3.8) is 0 Å². The predicted octanol–water partition coefficient (Wildman–Crippen LogP) is 3.73. The zero-order valence-corrected chi connectivity index (χ0v) is 11.1. The number of ether oxygens (including phenoxy) is 1. The Morgan fingerprint density at radius 2 is 2.11 bits per heavy atom. The van der Waals surface area contributed by atoms with E-state index < -0.39 is 0 Å². The molecule has 2 rings (SSSR count). The van der Waals surface area contributed by atoms with Crippen LogP contribution in [-0.2, 0) is 7.05 Å². The number of nitrogens with zero attached hydrogens (tertiary/aromatic N) is 2. The Balaban J connectivity index is 2.05. The van der Waals surface area contributed by atoms with Crippen LogP contribution in [0, 0.1) is 0 Å². The maximum atomic E-state index is 12.4. The van der Waals surface area contributed by atoms with E-state index in [0.717, 1.165) is 17.1 Å². The molecule has 0 saturated carbocycles. The molecule has 19 heavy (non-hydrogen) atoms. The molecule has 2 aromatic rings. The third kappa shape index (κ3) is 3.22. The second-order valence-corrected chi connectivity index (χ2v) is 4.30. The summed E-state index contributed by atoms with van der Waals surface area (Å²) in [5, 5.41) is 0. The van der Waals surface area contributed by atoms with Gasteiger partial charge in [-0.1, -0.05) is 6.92 Å². The Labute approximate surface area is 112 Å². The van der Waals surface area contributed by atoms with E-state index >= 15 is 0 Å². The van der Waals surface area contributed by atoms with Gasteiger partial charge in [-0.15, -0.1) is 0 Å². The maximum Gasteiger partial charge on any atom is 0.139 e. The smallest absolute Gasteiger partial charge is 0.139 e. The summed E-state index contributed by atoms with van der Waals surface area (Å²) in [6, 6.07) is 7.63. The van der Waals surface area contributed by atoms with Crippen LogP contribution in [0.4, 0.5) is 4.39 Å². The van der Waals surface area contributed by atoms with Crippen molar-refractivity contribution in [3.8, 4) is 17.1 Å². The molecule has 0 radical (unpaired) electrons. The van der Waals surface area contributed by atoms with Crippen molar-refractivity contribution in [2.45, 2.75) is 13.3 Å². The molecule has 1 heterocycles. The van der Waals surface area contributed by atoms with Crippen LogP contribution in [0.3, 0.4) is 0 Å². The van der Waals surface area contributed by atoms with E-state index in [9.17, 15) is 4.39 Å². The molecule has 4 heteroatoms. The summed E-state index contributed by atoms with van der Waals surface area (Å²) in [6.07, 6.45) is 4.93. The van der Waals surface area contributed by atoms with Gasteiger partial charge in [0.15, 0.2) is 0 Å². The third-order valence-electron chi connectivity index (χ3n) is 2.97. The molecule has 0 N–H and O–H groups in total. The maximum absolute atomic E-state index is 12.4. The number of aromatic nitrogens is 2. The number of hydrogen-bond donors (Lipinski definition) is 0. The average Bonchev–Trinajstić information content (AvgIpc) is 2.87. The van der Waals surface area contributed by atoms with Crippen LogP contribution < -0.4 is 4.74 Å². The summed E-state index contributed by atoms with van der Waals surface area (Å²) < 4.78 is 19.9. The molecule has 0 aliphatic heterocycles. The van der Waals surface area contributed by atoms with Crippen LogP contribution in [0.15, 0.2) is 48.6 Å². The van der Waals surface area contributed by atoms with E-state index in [0.29, 0.717) is 18.3 Å². The van der Waals surface area contributed by atoms with Crippen molar-refractivity contribution in [3.05, 3.63) is 48.6 Å². The summed E-state index contributed by atoms with van der Waals surface area (Å²) in [5.74, 6) is 1.63. The Hall–Kier alpha value is -2.10. The van der Waals surface area contributed by atoms with Crippen LogP contribution in [-0.4, -0.2) is 16.2 Å². The van der Waals surface area contributed by atoms with Crippen LogP contribution in [0.5, 0.6) is 5.75 Å². The Bertz CT molecular complexity index is 558. The first-order valence-corrected chi connectivity index (χ1v) is 6.23. The molecule has 0 aliphatic rings. The largest absolute Gasteiger partial charge is 0.489 e. The topological polar surface area (TPSA) is 27.1 Å². The van der Waals surface area contributed by atoms with Gasteiger partial charge in [-0.25, -0.2) is 9.37 Å². The van der Waals surface area contributed by atoms with Crippen molar-refractivity contribution < 1.29 is 9.13 Å². The lowest BCUT2D eigenvalue weighted by atomic mass is 10.2. The lowest BCUT2D eigenvalue weighted by molar-refractivity contribution is 0.345. The van der Waals surface area contributed by atoms with Gasteiger partial charge in [-0.3, -0.25) is 0 Å². The lowest BCUT2D eigenvalue weighted by Crippen LogP contribution is -2.00. The summed E-state index contributed by atoms with van der Waals surface area (Å²) in [7, 11) is 1.95. The van der Waals surface area contributed by atoms with Crippen LogP contribution in [0.25, 0.3) is 11.4 Å². The SMILES string of the molecule is CC/C(=C/F)COc1ccc(-c2nccn2C)cc1. The molecule has 0 aliphatic carbocycles.